The number of nitrogens with zero attached hydrogens (tertiary/aromatic N) is 3. The first-order chi connectivity index (χ1) is 15.7. The molecular formula is C27H26N4O. The summed E-state index contributed by atoms with van der Waals surface area (Å²) in [6.45, 7) is 2.05. The van der Waals surface area contributed by atoms with Gasteiger partial charge in [-0.1, -0.05) is 41.5 Å². The van der Waals surface area contributed by atoms with Gasteiger partial charge in [0.05, 0.1) is 11.2 Å². The predicted octanol–water partition coefficient (Wildman–Crippen LogP) is 5.90. The first-order valence-electron chi connectivity index (χ1n) is 11.4. The lowest BCUT2D eigenvalue weighted by atomic mass is 9.96. The topological polar surface area (TPSA) is 51.9 Å². The average Bonchev–Trinajstić information content (AvgIpc) is 3.50. The number of fused-ring (bicyclic) bond motifs is 3. The van der Waals surface area contributed by atoms with Crippen molar-refractivity contribution in [2.24, 2.45) is 11.8 Å². The van der Waals surface area contributed by atoms with Gasteiger partial charge in [0.1, 0.15) is 5.82 Å². The van der Waals surface area contributed by atoms with E-state index in [2.05, 4.69) is 18.4 Å². The van der Waals surface area contributed by atoms with Crippen molar-refractivity contribution in [3.8, 4) is 5.69 Å². The number of anilines is 2. The Morgan fingerprint density at radius 1 is 1.00 bits per heavy atom. The Morgan fingerprint density at radius 3 is 2.53 bits per heavy atom. The summed E-state index contributed by atoms with van der Waals surface area (Å²) < 4.78 is 3.54. The van der Waals surface area contributed by atoms with E-state index in [1.165, 1.54) is 24.8 Å². The standard InChI is InChI=1S/C27H26N4O/c1-18-7-11-23(12-8-18)31-26-24(13-14-25(29-26)28-22-5-3-2-4-6-22)30(27(31)32)17-21-16-19-9-10-20(21)15-19/h2-8,11-14,17,19-20H,9-10,15-16H2,1H3,(H,28,29)/b21-17+. The summed E-state index contributed by atoms with van der Waals surface area (Å²) in [7, 11) is 0. The molecule has 0 spiro atoms. The number of nitrogens with one attached hydrogen (secondary N) is 1. The Bertz CT molecular complexity index is 1380. The Kier molecular flexibility index (Phi) is 4.49. The van der Waals surface area contributed by atoms with Gasteiger partial charge in [0.2, 0.25) is 0 Å². The number of hydrogen-bond donors (Lipinski definition) is 1. The van der Waals surface area contributed by atoms with Crippen molar-refractivity contribution in [2.75, 3.05) is 5.32 Å². The van der Waals surface area contributed by atoms with Gasteiger partial charge in [-0.2, -0.15) is 0 Å². The van der Waals surface area contributed by atoms with Crippen LogP contribution < -0.4 is 11.0 Å². The van der Waals surface area contributed by atoms with Gasteiger partial charge in [0.25, 0.3) is 0 Å². The van der Waals surface area contributed by atoms with Gasteiger partial charge >= 0.3 is 5.69 Å². The molecule has 2 aliphatic rings. The van der Waals surface area contributed by atoms with Gasteiger partial charge in [-0.15, -0.1) is 0 Å². The second-order valence-electron chi connectivity index (χ2n) is 9.14. The minimum Gasteiger partial charge on any atom is -0.340 e. The summed E-state index contributed by atoms with van der Waals surface area (Å²) in [4.78, 5) is 18.5. The normalized spacial score (nSPS) is 21.0. The number of rotatable bonds is 4. The fourth-order valence-corrected chi connectivity index (χ4v) is 5.31. The Balaban J connectivity index is 1.52. The fraction of sp³-hybridized carbons (Fsp3) is 0.259. The minimum atomic E-state index is -0.0662. The molecule has 0 saturated heterocycles. The molecule has 32 heavy (non-hydrogen) atoms. The van der Waals surface area contributed by atoms with Gasteiger partial charge in [0, 0.05) is 11.9 Å². The lowest BCUT2D eigenvalue weighted by Crippen LogP contribution is -2.21. The predicted molar refractivity (Wildman–Crippen MR) is 130 cm³/mol. The number of para-hydroxylation sites is 1. The number of aromatic nitrogens is 3. The highest BCUT2D eigenvalue weighted by Gasteiger charge is 2.35. The first-order valence-corrected chi connectivity index (χ1v) is 11.4. The molecule has 2 unspecified atom stereocenters. The van der Waals surface area contributed by atoms with Crippen molar-refractivity contribution < 1.29 is 0 Å². The summed E-state index contributed by atoms with van der Waals surface area (Å²) >= 11 is 0. The highest BCUT2D eigenvalue weighted by Crippen LogP contribution is 2.48. The number of aryl methyl sites for hydroxylation is 1. The highest BCUT2D eigenvalue weighted by atomic mass is 16.1. The summed E-state index contributed by atoms with van der Waals surface area (Å²) in [6, 6.07) is 22.0. The zero-order chi connectivity index (χ0) is 21.7. The van der Waals surface area contributed by atoms with E-state index in [9.17, 15) is 4.79 Å². The molecule has 2 heterocycles. The zero-order valence-corrected chi connectivity index (χ0v) is 18.2. The van der Waals surface area contributed by atoms with E-state index in [4.69, 9.17) is 4.98 Å². The van der Waals surface area contributed by atoms with Crippen molar-refractivity contribution in [3.63, 3.8) is 0 Å². The van der Waals surface area contributed by atoms with E-state index in [0.29, 0.717) is 17.4 Å². The smallest absolute Gasteiger partial charge is 0.339 e. The van der Waals surface area contributed by atoms with E-state index < -0.39 is 0 Å². The summed E-state index contributed by atoms with van der Waals surface area (Å²) in [5, 5.41) is 3.36. The van der Waals surface area contributed by atoms with Crippen LogP contribution in [0.4, 0.5) is 11.5 Å². The maximum Gasteiger partial charge on any atom is 0.339 e. The van der Waals surface area contributed by atoms with Gasteiger partial charge in [-0.05, 0) is 80.8 Å². The van der Waals surface area contributed by atoms with Crippen molar-refractivity contribution in [1.82, 2.24) is 14.1 Å². The van der Waals surface area contributed by atoms with Gasteiger partial charge in [-0.25, -0.2) is 14.3 Å². The van der Waals surface area contributed by atoms with Crippen molar-refractivity contribution in [3.05, 3.63) is 88.4 Å². The molecule has 5 heteroatoms. The minimum absolute atomic E-state index is 0.0662. The molecule has 4 aromatic rings. The molecule has 0 radical (unpaired) electrons. The number of allylic oxidation sites excluding steroid dienone is 1. The number of imidazole rings is 1. The van der Waals surface area contributed by atoms with Crippen LogP contribution in [0.3, 0.4) is 0 Å². The third-order valence-corrected chi connectivity index (χ3v) is 6.95. The third kappa shape index (κ3) is 3.25. The van der Waals surface area contributed by atoms with Crippen molar-refractivity contribution >= 4 is 28.9 Å². The van der Waals surface area contributed by atoms with Crippen LogP contribution in [0.25, 0.3) is 23.1 Å². The third-order valence-electron chi connectivity index (χ3n) is 6.95. The highest BCUT2D eigenvalue weighted by molar-refractivity contribution is 5.79. The molecule has 2 saturated carbocycles. The van der Waals surface area contributed by atoms with Crippen LogP contribution in [0.1, 0.15) is 31.2 Å². The van der Waals surface area contributed by atoms with Gasteiger partial charge in [0.15, 0.2) is 5.65 Å². The van der Waals surface area contributed by atoms with Crippen LogP contribution in [0.2, 0.25) is 0 Å². The van der Waals surface area contributed by atoms with E-state index in [0.717, 1.165) is 34.8 Å². The number of pyridine rings is 1. The van der Waals surface area contributed by atoms with Crippen LogP contribution >= 0.6 is 0 Å². The Morgan fingerprint density at radius 2 is 1.81 bits per heavy atom. The maximum atomic E-state index is 13.7. The molecule has 0 amide bonds. The van der Waals surface area contributed by atoms with Gasteiger partial charge in [-0.3, -0.25) is 4.57 Å². The lowest BCUT2D eigenvalue weighted by Gasteiger charge is -2.13. The molecule has 2 fully saturated rings. The lowest BCUT2D eigenvalue weighted by molar-refractivity contribution is 0.562. The average molecular weight is 423 g/mol. The fourth-order valence-electron chi connectivity index (χ4n) is 5.31. The molecule has 2 aromatic carbocycles. The first kappa shape index (κ1) is 19.1. The van der Waals surface area contributed by atoms with Crippen LogP contribution in [-0.2, 0) is 0 Å². The summed E-state index contributed by atoms with van der Waals surface area (Å²) in [5.74, 6) is 2.15. The van der Waals surface area contributed by atoms with Gasteiger partial charge < -0.3 is 5.32 Å². The number of hydrogen-bond acceptors (Lipinski definition) is 3. The largest absolute Gasteiger partial charge is 0.340 e. The molecular weight excluding hydrogens is 396 g/mol. The maximum absolute atomic E-state index is 13.7. The van der Waals surface area contributed by atoms with E-state index in [1.807, 2.05) is 71.3 Å². The summed E-state index contributed by atoms with van der Waals surface area (Å²) in [5.41, 5.74) is 5.81. The molecule has 6 rings (SSSR count). The molecule has 2 atom stereocenters. The molecule has 1 N–H and O–H groups in total. The van der Waals surface area contributed by atoms with Crippen LogP contribution in [-0.4, -0.2) is 14.1 Å². The van der Waals surface area contributed by atoms with E-state index >= 15 is 0 Å². The number of benzene rings is 2. The quantitative estimate of drug-likeness (QED) is 0.445. The SMILES string of the molecule is Cc1ccc(-n2c(=O)n(/C=C3\CC4CCC3C4)c3ccc(Nc4ccccc4)nc32)cc1. The summed E-state index contributed by atoms with van der Waals surface area (Å²) in [6.07, 6.45) is 7.09. The van der Waals surface area contributed by atoms with Crippen LogP contribution in [0.15, 0.2) is 77.1 Å². The van der Waals surface area contributed by atoms with E-state index in [-0.39, 0.29) is 5.69 Å². The zero-order valence-electron chi connectivity index (χ0n) is 18.2. The Hall–Kier alpha value is -3.60. The molecule has 2 aliphatic carbocycles. The van der Waals surface area contributed by atoms with Crippen molar-refractivity contribution in [2.45, 2.75) is 32.6 Å². The van der Waals surface area contributed by atoms with Crippen molar-refractivity contribution in [1.29, 1.82) is 0 Å². The van der Waals surface area contributed by atoms with Crippen LogP contribution in [0.5, 0.6) is 0 Å². The van der Waals surface area contributed by atoms with Crippen LogP contribution in [0, 0.1) is 18.8 Å². The molecule has 2 bridgehead atoms. The monoisotopic (exact) mass is 422 g/mol. The van der Waals surface area contributed by atoms with E-state index in [1.54, 1.807) is 4.57 Å². The molecule has 0 aliphatic heterocycles. The second kappa shape index (κ2) is 7.52. The molecule has 160 valence electrons. The Labute approximate surface area is 187 Å². The second-order valence-corrected chi connectivity index (χ2v) is 9.14. The molecule has 5 nitrogen and oxygen atoms in total. The molecule has 2 aromatic heterocycles.